The molecule has 35 heavy (non-hydrogen) atoms. The minimum atomic E-state index is -0.534. The topological polar surface area (TPSA) is 203 Å². The van der Waals surface area contributed by atoms with E-state index in [9.17, 15) is 29.8 Å². The van der Waals surface area contributed by atoms with Crippen LogP contribution in [0.2, 0.25) is 0 Å². The summed E-state index contributed by atoms with van der Waals surface area (Å²) in [5, 5.41) is 37.9. The highest BCUT2D eigenvalue weighted by atomic mass is 16.6. The molecule has 16 heteroatoms. The van der Waals surface area contributed by atoms with Gasteiger partial charge in [-0.2, -0.15) is 14.0 Å². The predicted molar refractivity (Wildman–Crippen MR) is 121 cm³/mol. The van der Waals surface area contributed by atoms with Crippen LogP contribution < -0.4 is 11.4 Å². The summed E-state index contributed by atoms with van der Waals surface area (Å²) in [6.45, 7) is 7.01. The van der Waals surface area contributed by atoms with E-state index in [1.54, 1.807) is 27.7 Å². The third kappa shape index (κ3) is 4.85. The van der Waals surface area contributed by atoms with Crippen LogP contribution in [0.4, 0.5) is 11.4 Å². The smallest absolute Gasteiger partial charge is 0.258 e. The van der Waals surface area contributed by atoms with Crippen LogP contribution in [0.15, 0.2) is 33.9 Å². The number of hydrogen-bond donors (Lipinski definition) is 1. The van der Waals surface area contributed by atoms with Gasteiger partial charge in [0.05, 0.1) is 21.2 Å². The van der Waals surface area contributed by atoms with E-state index in [1.165, 1.54) is 31.3 Å². The van der Waals surface area contributed by atoms with Gasteiger partial charge in [-0.25, -0.2) is 14.7 Å². The number of nitrogens with one attached hydrogen (secondary N) is 1. The Balaban J connectivity index is 0.000000196. The summed E-state index contributed by atoms with van der Waals surface area (Å²) < 4.78 is 3.11. The number of hydrogen-bond acceptors (Lipinski definition) is 10. The molecule has 182 valence electrons. The van der Waals surface area contributed by atoms with E-state index in [0.29, 0.717) is 16.9 Å². The standard InChI is InChI=1S/C10H11N5O3.C9H9N5O3/c1-6-4-8(15(17)18)5-9(7(6)2)14-10(16)13(3)11-12-14;1-5-3-7(14(16)17)4-8(6(5)2)13-9(15)10-11-12-13/h4-5H,1-3H3;3-4H,1-2H3,(H,10,12,15). The minimum Gasteiger partial charge on any atom is -0.258 e. The Morgan fingerprint density at radius 1 is 0.771 bits per heavy atom. The second-order valence-corrected chi connectivity index (χ2v) is 7.54. The van der Waals surface area contributed by atoms with Crippen LogP contribution in [0.1, 0.15) is 22.3 Å². The van der Waals surface area contributed by atoms with E-state index < -0.39 is 21.2 Å². The molecule has 4 aromatic rings. The van der Waals surface area contributed by atoms with Crippen molar-refractivity contribution in [1.82, 2.24) is 40.0 Å². The number of benzene rings is 2. The van der Waals surface area contributed by atoms with Crippen LogP contribution in [-0.2, 0) is 7.05 Å². The number of aromatic nitrogens is 8. The summed E-state index contributed by atoms with van der Waals surface area (Å²) in [6, 6.07) is 5.52. The largest absolute Gasteiger partial charge is 0.368 e. The summed E-state index contributed by atoms with van der Waals surface area (Å²) in [7, 11) is 1.46. The Morgan fingerprint density at radius 3 is 1.63 bits per heavy atom. The van der Waals surface area contributed by atoms with E-state index in [1.807, 2.05) is 0 Å². The summed E-state index contributed by atoms with van der Waals surface area (Å²) in [5.41, 5.74) is 2.51. The van der Waals surface area contributed by atoms with Crippen molar-refractivity contribution < 1.29 is 9.85 Å². The van der Waals surface area contributed by atoms with Gasteiger partial charge in [0.15, 0.2) is 0 Å². The zero-order valence-corrected chi connectivity index (χ0v) is 19.3. The Hall–Kier alpha value is -5.02. The van der Waals surface area contributed by atoms with E-state index >= 15 is 0 Å². The molecule has 2 heterocycles. The molecular weight excluding hydrogens is 464 g/mol. The maximum atomic E-state index is 11.7. The van der Waals surface area contributed by atoms with Gasteiger partial charge >= 0.3 is 11.4 Å². The predicted octanol–water partition coefficient (Wildman–Crippen LogP) is 0.972. The second kappa shape index (κ2) is 9.46. The molecular formula is C19H20N10O6. The number of aromatic amines is 1. The summed E-state index contributed by atoms with van der Waals surface area (Å²) >= 11 is 0. The Kier molecular flexibility index (Phi) is 6.65. The zero-order chi connectivity index (χ0) is 26.0. The molecule has 0 aliphatic heterocycles. The van der Waals surface area contributed by atoms with E-state index in [4.69, 9.17) is 0 Å². The maximum Gasteiger partial charge on any atom is 0.368 e. The van der Waals surface area contributed by atoms with Crippen LogP contribution >= 0.6 is 0 Å². The molecule has 1 N–H and O–H groups in total. The SMILES string of the molecule is Cc1cc([N+](=O)[O-])cc(-n2nn[nH]c2=O)c1C.Cc1cc([N+](=O)[O-])cc(-n2nnn(C)c2=O)c1C. The first-order valence-corrected chi connectivity index (χ1v) is 9.93. The molecule has 2 aromatic carbocycles. The first-order valence-electron chi connectivity index (χ1n) is 9.93. The lowest BCUT2D eigenvalue weighted by Gasteiger charge is -2.06. The van der Waals surface area contributed by atoms with E-state index in [2.05, 4.69) is 26.0 Å². The molecule has 2 aromatic heterocycles. The molecule has 0 saturated heterocycles. The lowest BCUT2D eigenvalue weighted by atomic mass is 10.1. The fourth-order valence-corrected chi connectivity index (χ4v) is 3.12. The van der Waals surface area contributed by atoms with Crippen LogP contribution in [0.3, 0.4) is 0 Å². The van der Waals surface area contributed by atoms with Gasteiger partial charge in [-0.05, 0) is 70.8 Å². The van der Waals surface area contributed by atoms with Crippen molar-refractivity contribution in [1.29, 1.82) is 0 Å². The maximum absolute atomic E-state index is 11.7. The fourth-order valence-electron chi connectivity index (χ4n) is 3.12. The van der Waals surface area contributed by atoms with E-state index in [0.717, 1.165) is 30.7 Å². The van der Waals surface area contributed by atoms with Gasteiger partial charge in [0.25, 0.3) is 11.4 Å². The number of aryl methyl sites for hydroxylation is 3. The molecule has 0 unspecified atom stereocenters. The molecule has 0 fully saturated rings. The first-order chi connectivity index (χ1) is 16.4. The molecule has 0 bridgehead atoms. The Morgan fingerprint density at radius 2 is 1.26 bits per heavy atom. The van der Waals surface area contributed by atoms with Gasteiger partial charge in [-0.15, -0.1) is 0 Å². The van der Waals surface area contributed by atoms with Gasteiger partial charge < -0.3 is 0 Å². The molecule has 0 saturated carbocycles. The molecule has 0 radical (unpaired) electrons. The highest BCUT2D eigenvalue weighted by Gasteiger charge is 2.17. The Labute approximate surface area is 195 Å². The molecule has 4 rings (SSSR count). The van der Waals surface area contributed by atoms with Gasteiger partial charge in [-0.3, -0.25) is 20.2 Å². The first kappa shape index (κ1) is 24.6. The average molecular weight is 484 g/mol. The van der Waals surface area contributed by atoms with Crippen molar-refractivity contribution in [2.75, 3.05) is 0 Å². The molecule has 0 aliphatic rings. The van der Waals surface area contributed by atoms with Crippen molar-refractivity contribution in [3.63, 3.8) is 0 Å². The van der Waals surface area contributed by atoms with Crippen LogP contribution in [0, 0.1) is 47.9 Å². The van der Waals surface area contributed by atoms with Crippen LogP contribution in [0.25, 0.3) is 11.4 Å². The summed E-state index contributed by atoms with van der Waals surface area (Å²) in [6.07, 6.45) is 0. The number of nitro groups is 2. The number of nitrogens with zero attached hydrogens (tertiary/aromatic N) is 9. The van der Waals surface area contributed by atoms with Gasteiger partial charge in [0, 0.05) is 31.3 Å². The van der Waals surface area contributed by atoms with Gasteiger partial charge in [0.2, 0.25) is 0 Å². The highest BCUT2D eigenvalue weighted by Crippen LogP contribution is 2.24. The number of nitro benzene ring substituents is 2. The highest BCUT2D eigenvalue weighted by molar-refractivity contribution is 5.53. The molecule has 0 spiro atoms. The third-order valence-corrected chi connectivity index (χ3v) is 5.32. The van der Waals surface area contributed by atoms with Crippen molar-refractivity contribution in [2.24, 2.45) is 7.05 Å². The molecule has 0 aliphatic carbocycles. The zero-order valence-electron chi connectivity index (χ0n) is 19.3. The third-order valence-electron chi connectivity index (χ3n) is 5.32. The van der Waals surface area contributed by atoms with Gasteiger partial charge in [0.1, 0.15) is 0 Å². The number of H-pyrrole nitrogens is 1. The average Bonchev–Trinajstić information content (AvgIpc) is 3.37. The summed E-state index contributed by atoms with van der Waals surface area (Å²) in [5.74, 6) is 0. The molecule has 16 nitrogen and oxygen atoms in total. The number of non-ortho nitro benzene ring substituents is 2. The van der Waals surface area contributed by atoms with Gasteiger partial charge in [-0.1, -0.05) is 0 Å². The molecule has 0 atom stereocenters. The van der Waals surface area contributed by atoms with Crippen molar-refractivity contribution in [2.45, 2.75) is 27.7 Å². The van der Waals surface area contributed by atoms with Crippen molar-refractivity contribution >= 4 is 11.4 Å². The normalized spacial score (nSPS) is 10.5. The quantitative estimate of drug-likeness (QED) is 0.321. The lowest BCUT2D eigenvalue weighted by molar-refractivity contribution is -0.385. The second-order valence-electron chi connectivity index (χ2n) is 7.54. The fraction of sp³-hybridized carbons (Fsp3) is 0.263. The summed E-state index contributed by atoms with van der Waals surface area (Å²) in [4.78, 5) is 43.7. The van der Waals surface area contributed by atoms with Crippen LogP contribution in [-0.4, -0.2) is 49.8 Å². The van der Waals surface area contributed by atoms with Crippen molar-refractivity contribution in [3.05, 3.63) is 87.7 Å². The minimum absolute atomic E-state index is 0.0781. The monoisotopic (exact) mass is 484 g/mol. The molecule has 0 amide bonds. The van der Waals surface area contributed by atoms with Crippen molar-refractivity contribution in [3.8, 4) is 11.4 Å². The number of tetrazole rings is 2. The Bertz CT molecular complexity index is 1560. The number of rotatable bonds is 4. The van der Waals surface area contributed by atoms with Crippen LogP contribution in [0.5, 0.6) is 0 Å². The van der Waals surface area contributed by atoms with E-state index in [-0.39, 0.29) is 11.4 Å². The lowest BCUT2D eigenvalue weighted by Crippen LogP contribution is -2.22.